The second kappa shape index (κ2) is 10.3. The summed E-state index contributed by atoms with van der Waals surface area (Å²) in [4.78, 5) is 8.00. The quantitative estimate of drug-likeness (QED) is 0.280. The smallest absolute Gasteiger partial charge is 0.191 e. The third-order valence-corrected chi connectivity index (χ3v) is 4.25. The van der Waals surface area contributed by atoms with E-state index in [9.17, 15) is 0 Å². The topological polar surface area (TPSA) is 65.3 Å². The lowest BCUT2D eigenvalue weighted by atomic mass is 10.1. The molecule has 0 atom stereocenters. The van der Waals surface area contributed by atoms with Crippen molar-refractivity contribution in [3.63, 3.8) is 0 Å². The third-order valence-electron chi connectivity index (χ3n) is 4.25. The number of benzene rings is 1. The lowest BCUT2D eigenvalue weighted by Crippen LogP contribution is -2.38. The zero-order valence-electron chi connectivity index (χ0n) is 15.3. The van der Waals surface area contributed by atoms with Crippen molar-refractivity contribution in [3.05, 3.63) is 59.7 Å². The minimum Gasteiger partial charge on any atom is -0.469 e. The Kier molecular flexibility index (Phi) is 8.03. The number of hydrogen-bond acceptors (Lipinski definition) is 2. The minimum atomic E-state index is 0. The SMILES string of the molecule is CCNC(=NCCc1ccco1)NCCc1c[nH]c2c(C)cccc12.I. The van der Waals surface area contributed by atoms with Crippen LogP contribution >= 0.6 is 24.0 Å². The van der Waals surface area contributed by atoms with Crippen LogP contribution in [0.15, 0.2) is 52.2 Å². The molecule has 0 aliphatic carbocycles. The van der Waals surface area contributed by atoms with E-state index in [-0.39, 0.29) is 24.0 Å². The van der Waals surface area contributed by atoms with Gasteiger partial charge in [-0.1, -0.05) is 18.2 Å². The number of aryl methyl sites for hydroxylation is 1. The number of furan rings is 1. The summed E-state index contributed by atoms with van der Waals surface area (Å²) in [5, 5.41) is 8.01. The second-order valence-corrected chi connectivity index (χ2v) is 6.08. The Morgan fingerprint density at radius 3 is 2.81 bits per heavy atom. The Hall–Kier alpha value is -1.96. The second-order valence-electron chi connectivity index (χ2n) is 6.08. The van der Waals surface area contributed by atoms with E-state index in [1.54, 1.807) is 6.26 Å². The summed E-state index contributed by atoms with van der Waals surface area (Å²) >= 11 is 0. The summed E-state index contributed by atoms with van der Waals surface area (Å²) in [7, 11) is 0. The standard InChI is InChI=1S/C20H26N4O.HI/c1-3-21-20(23-12-10-17-7-5-13-25-17)22-11-9-16-14-24-19-15(2)6-4-8-18(16)19;/h4-8,13-14,24H,3,9-12H2,1-2H3,(H2,21,22,23);1H. The molecule has 2 heterocycles. The molecule has 0 saturated heterocycles. The Bertz CT molecular complexity index is 824. The van der Waals surface area contributed by atoms with Crippen molar-refractivity contribution in [2.45, 2.75) is 26.7 Å². The lowest BCUT2D eigenvalue weighted by Gasteiger charge is -2.11. The number of hydrogen-bond donors (Lipinski definition) is 3. The van der Waals surface area contributed by atoms with Crippen LogP contribution in [0.25, 0.3) is 10.9 Å². The van der Waals surface area contributed by atoms with Gasteiger partial charge in [-0.2, -0.15) is 0 Å². The van der Waals surface area contributed by atoms with E-state index in [0.29, 0.717) is 6.54 Å². The molecule has 1 aromatic carbocycles. The highest BCUT2D eigenvalue weighted by atomic mass is 127. The highest BCUT2D eigenvalue weighted by molar-refractivity contribution is 14.0. The molecule has 26 heavy (non-hydrogen) atoms. The summed E-state index contributed by atoms with van der Waals surface area (Å²) in [6.45, 7) is 6.60. The van der Waals surface area contributed by atoms with Crippen molar-refractivity contribution in [3.8, 4) is 0 Å². The number of nitrogens with zero attached hydrogens (tertiary/aromatic N) is 1. The largest absolute Gasteiger partial charge is 0.469 e. The van der Waals surface area contributed by atoms with Crippen molar-refractivity contribution in [2.24, 2.45) is 4.99 Å². The van der Waals surface area contributed by atoms with Crippen LogP contribution in [0.3, 0.4) is 0 Å². The number of aliphatic imine (C=N–C) groups is 1. The molecule has 3 rings (SSSR count). The van der Waals surface area contributed by atoms with Gasteiger partial charge in [0.2, 0.25) is 0 Å². The fraction of sp³-hybridized carbons (Fsp3) is 0.350. The summed E-state index contributed by atoms with van der Waals surface area (Å²) in [5.41, 5.74) is 3.85. The minimum absolute atomic E-state index is 0. The number of halogens is 1. The maximum Gasteiger partial charge on any atom is 0.191 e. The molecular weight excluding hydrogens is 439 g/mol. The lowest BCUT2D eigenvalue weighted by molar-refractivity contribution is 0.510. The van der Waals surface area contributed by atoms with Crippen LogP contribution in [-0.4, -0.2) is 30.6 Å². The van der Waals surface area contributed by atoms with Gasteiger partial charge in [0.1, 0.15) is 5.76 Å². The highest BCUT2D eigenvalue weighted by Gasteiger charge is 2.05. The molecule has 0 unspecified atom stereocenters. The summed E-state index contributed by atoms with van der Waals surface area (Å²) in [6.07, 6.45) is 5.57. The maximum absolute atomic E-state index is 5.34. The van der Waals surface area contributed by atoms with Crippen molar-refractivity contribution < 1.29 is 4.42 Å². The average molecular weight is 466 g/mol. The summed E-state index contributed by atoms with van der Waals surface area (Å²) in [6, 6.07) is 10.3. The van der Waals surface area contributed by atoms with E-state index in [4.69, 9.17) is 4.42 Å². The molecule has 0 amide bonds. The highest BCUT2D eigenvalue weighted by Crippen LogP contribution is 2.21. The first-order valence-electron chi connectivity index (χ1n) is 8.88. The molecule has 0 aliphatic heterocycles. The first-order chi connectivity index (χ1) is 12.3. The summed E-state index contributed by atoms with van der Waals surface area (Å²) < 4.78 is 5.34. The normalized spacial score (nSPS) is 11.4. The predicted molar refractivity (Wildman–Crippen MR) is 119 cm³/mol. The molecule has 3 N–H and O–H groups in total. The Morgan fingerprint density at radius 1 is 1.15 bits per heavy atom. The molecule has 6 heteroatoms. The molecule has 5 nitrogen and oxygen atoms in total. The Morgan fingerprint density at radius 2 is 2.04 bits per heavy atom. The third kappa shape index (κ3) is 5.27. The van der Waals surface area contributed by atoms with E-state index in [0.717, 1.165) is 37.7 Å². The van der Waals surface area contributed by atoms with Crippen LogP contribution in [0, 0.1) is 6.92 Å². The van der Waals surface area contributed by atoms with Crippen LogP contribution in [0.4, 0.5) is 0 Å². The maximum atomic E-state index is 5.34. The first-order valence-corrected chi connectivity index (χ1v) is 8.88. The number of nitrogens with one attached hydrogen (secondary N) is 3. The van der Waals surface area contributed by atoms with Crippen LogP contribution in [0.2, 0.25) is 0 Å². The molecule has 0 aliphatic rings. The van der Waals surface area contributed by atoms with Crippen LogP contribution < -0.4 is 10.6 Å². The van der Waals surface area contributed by atoms with Gasteiger partial charge in [-0.05, 0) is 43.5 Å². The number of para-hydroxylation sites is 1. The molecule has 0 fully saturated rings. The Labute approximate surface area is 171 Å². The van der Waals surface area contributed by atoms with Gasteiger partial charge in [0.15, 0.2) is 5.96 Å². The molecule has 0 spiro atoms. The fourth-order valence-electron chi connectivity index (χ4n) is 2.96. The molecule has 0 bridgehead atoms. The molecule has 2 aromatic heterocycles. The zero-order valence-corrected chi connectivity index (χ0v) is 17.7. The first kappa shape index (κ1) is 20.4. The van der Waals surface area contributed by atoms with E-state index >= 15 is 0 Å². The van der Waals surface area contributed by atoms with E-state index in [2.05, 4.69) is 58.9 Å². The van der Waals surface area contributed by atoms with Crippen molar-refractivity contribution in [1.29, 1.82) is 0 Å². The van der Waals surface area contributed by atoms with Crippen LogP contribution in [0.5, 0.6) is 0 Å². The fourth-order valence-corrected chi connectivity index (χ4v) is 2.96. The molecule has 3 aromatic rings. The molecular formula is C20H27IN4O. The molecule has 0 radical (unpaired) electrons. The van der Waals surface area contributed by atoms with Crippen molar-refractivity contribution >= 4 is 40.8 Å². The number of guanidine groups is 1. The van der Waals surface area contributed by atoms with Crippen molar-refractivity contribution in [1.82, 2.24) is 15.6 Å². The van der Waals surface area contributed by atoms with Gasteiger partial charge in [0.05, 0.1) is 6.26 Å². The molecule has 140 valence electrons. The van der Waals surface area contributed by atoms with Gasteiger partial charge in [-0.3, -0.25) is 4.99 Å². The van der Waals surface area contributed by atoms with Crippen LogP contribution in [-0.2, 0) is 12.8 Å². The summed E-state index contributed by atoms with van der Waals surface area (Å²) in [5.74, 6) is 1.82. The monoisotopic (exact) mass is 466 g/mol. The van der Waals surface area contributed by atoms with E-state index in [1.165, 1.54) is 22.0 Å². The number of aromatic amines is 1. The average Bonchev–Trinajstić information content (AvgIpc) is 3.26. The zero-order chi connectivity index (χ0) is 17.5. The van der Waals surface area contributed by atoms with Gasteiger partial charge >= 0.3 is 0 Å². The molecule has 0 saturated carbocycles. The number of H-pyrrole nitrogens is 1. The predicted octanol–water partition coefficient (Wildman–Crippen LogP) is 4.03. The van der Waals surface area contributed by atoms with Crippen molar-refractivity contribution in [2.75, 3.05) is 19.6 Å². The van der Waals surface area contributed by atoms with Gasteiger partial charge in [-0.25, -0.2) is 0 Å². The van der Waals surface area contributed by atoms with Crippen LogP contribution in [0.1, 0.15) is 23.8 Å². The van der Waals surface area contributed by atoms with E-state index < -0.39 is 0 Å². The number of rotatable bonds is 7. The van der Waals surface area contributed by atoms with Gasteiger partial charge in [0.25, 0.3) is 0 Å². The van der Waals surface area contributed by atoms with Gasteiger partial charge in [-0.15, -0.1) is 24.0 Å². The Balaban J connectivity index is 0.00000243. The van der Waals surface area contributed by atoms with Gasteiger partial charge < -0.3 is 20.0 Å². The number of aromatic nitrogens is 1. The van der Waals surface area contributed by atoms with Gasteiger partial charge in [0, 0.05) is 43.2 Å². The number of fused-ring (bicyclic) bond motifs is 1. The van der Waals surface area contributed by atoms with E-state index in [1.807, 2.05) is 12.1 Å².